The molecule has 3 aromatic carbocycles. The van der Waals surface area contributed by atoms with Gasteiger partial charge in [-0.3, -0.25) is 0 Å². The third kappa shape index (κ3) is 3.99. The van der Waals surface area contributed by atoms with Gasteiger partial charge in [-0.25, -0.2) is 4.74 Å². The molecule has 0 aliphatic rings. The topological polar surface area (TPSA) is 26.1 Å². The minimum absolute atomic E-state index is 0.300. The van der Waals surface area contributed by atoms with Gasteiger partial charge in [0.2, 0.25) is 5.71 Å². The highest BCUT2D eigenvalue weighted by atomic mass is 16.5. The lowest BCUT2D eigenvalue weighted by Crippen LogP contribution is -2.18. The molecule has 0 aliphatic heterocycles. The van der Waals surface area contributed by atoms with Crippen molar-refractivity contribution in [2.24, 2.45) is 0 Å². The molecule has 2 heteroatoms. The van der Waals surface area contributed by atoms with Crippen molar-refractivity contribution in [2.75, 3.05) is 6.54 Å². The summed E-state index contributed by atoms with van der Waals surface area (Å²) in [6.45, 7) is 0.300. The molecule has 0 unspecified atom stereocenters. The van der Waals surface area contributed by atoms with Gasteiger partial charge in [0.05, 0.1) is 0 Å². The molecule has 0 spiro atoms. The molecule has 0 atom stereocenters. The van der Waals surface area contributed by atoms with Crippen molar-refractivity contribution in [1.82, 2.24) is 0 Å². The third-order valence-corrected chi connectivity index (χ3v) is 3.72. The van der Waals surface area contributed by atoms with Crippen molar-refractivity contribution in [2.45, 2.75) is 0 Å². The van der Waals surface area contributed by atoms with E-state index >= 15 is 0 Å². The maximum atomic E-state index is 12.8. The molecule has 3 rings (SSSR count). The highest BCUT2D eigenvalue weighted by molar-refractivity contribution is 6.09. The van der Waals surface area contributed by atoms with E-state index < -0.39 is 0 Å². The summed E-state index contributed by atoms with van der Waals surface area (Å²) in [5, 5.41) is 12.8. The van der Waals surface area contributed by atoms with Crippen molar-refractivity contribution in [3.63, 3.8) is 0 Å². The van der Waals surface area contributed by atoms with Gasteiger partial charge in [-0.2, -0.15) is 0 Å². The molecule has 0 saturated heterocycles. The van der Waals surface area contributed by atoms with E-state index in [0.29, 0.717) is 12.3 Å². The molecule has 0 radical (unpaired) electrons. The van der Waals surface area contributed by atoms with Crippen LogP contribution in [0.3, 0.4) is 0 Å². The molecule has 2 nitrogen and oxygen atoms in total. The van der Waals surface area contributed by atoms with Crippen molar-refractivity contribution in [3.8, 4) is 0 Å². The summed E-state index contributed by atoms with van der Waals surface area (Å²) in [4.78, 5) is 0. The molecule has 3 aromatic rings. The van der Waals surface area contributed by atoms with E-state index in [9.17, 15) is 5.21 Å². The zero-order chi connectivity index (χ0) is 16.6. The number of hydrogen-bond donors (Lipinski definition) is 0. The molecule has 24 heavy (non-hydrogen) atoms. The molecule has 0 fully saturated rings. The van der Waals surface area contributed by atoms with Gasteiger partial charge in [0.15, 0.2) is 6.54 Å². The maximum Gasteiger partial charge on any atom is 0.225 e. The average molecular weight is 313 g/mol. The van der Waals surface area contributed by atoms with Crippen molar-refractivity contribution in [1.29, 1.82) is 0 Å². The van der Waals surface area contributed by atoms with E-state index in [1.54, 1.807) is 0 Å². The standard InChI is InChI=1S/C22H19NO/c24-23(18-10-13-19-11-4-1-5-12-19)22(20-14-6-2-7-15-20)21-16-8-3-9-17-21/h1-17H,18H2/b13-10+. The van der Waals surface area contributed by atoms with Gasteiger partial charge in [0.1, 0.15) is 0 Å². The van der Waals surface area contributed by atoms with Crippen LogP contribution in [0.15, 0.2) is 97.1 Å². The summed E-state index contributed by atoms with van der Waals surface area (Å²) >= 11 is 0. The fourth-order valence-corrected chi connectivity index (χ4v) is 2.59. The lowest BCUT2D eigenvalue weighted by molar-refractivity contribution is -0.444. The Morgan fingerprint density at radius 3 is 1.67 bits per heavy atom. The van der Waals surface area contributed by atoms with Crippen LogP contribution in [0.5, 0.6) is 0 Å². The predicted molar refractivity (Wildman–Crippen MR) is 100 cm³/mol. The zero-order valence-electron chi connectivity index (χ0n) is 13.4. The largest absolute Gasteiger partial charge is 0.623 e. The maximum absolute atomic E-state index is 12.8. The number of hydrogen-bond acceptors (Lipinski definition) is 1. The first-order valence-corrected chi connectivity index (χ1v) is 7.98. The van der Waals surface area contributed by atoms with Crippen LogP contribution >= 0.6 is 0 Å². The summed E-state index contributed by atoms with van der Waals surface area (Å²) in [5.41, 5.74) is 3.62. The van der Waals surface area contributed by atoms with Gasteiger partial charge >= 0.3 is 0 Å². The second-order valence-electron chi connectivity index (χ2n) is 5.45. The molecule has 0 amide bonds. The Labute approximate surface area is 142 Å². The van der Waals surface area contributed by atoms with Gasteiger partial charge in [-0.15, -0.1) is 0 Å². The van der Waals surface area contributed by atoms with Gasteiger partial charge in [-0.05, 0) is 35.9 Å². The SMILES string of the molecule is [O-][N+](C/C=C/c1ccccc1)=C(c1ccccc1)c1ccccc1. The van der Waals surface area contributed by atoms with Crippen LogP contribution < -0.4 is 0 Å². The van der Waals surface area contributed by atoms with E-state index in [-0.39, 0.29) is 0 Å². The van der Waals surface area contributed by atoms with Gasteiger partial charge in [0, 0.05) is 11.1 Å². The van der Waals surface area contributed by atoms with E-state index in [0.717, 1.165) is 21.4 Å². The minimum atomic E-state index is 0.300. The van der Waals surface area contributed by atoms with E-state index in [1.807, 2.05) is 103 Å². The second-order valence-corrected chi connectivity index (χ2v) is 5.45. The Balaban J connectivity index is 1.92. The number of rotatable bonds is 5. The predicted octanol–water partition coefficient (Wildman–Crippen LogP) is 4.75. The molecule has 118 valence electrons. The van der Waals surface area contributed by atoms with E-state index in [2.05, 4.69) is 0 Å². The summed E-state index contributed by atoms with van der Waals surface area (Å²) in [7, 11) is 0. The third-order valence-electron chi connectivity index (χ3n) is 3.72. The van der Waals surface area contributed by atoms with Crippen LogP contribution in [-0.2, 0) is 0 Å². The summed E-state index contributed by atoms with van der Waals surface area (Å²) in [5.74, 6) is 0. The Morgan fingerprint density at radius 1 is 0.708 bits per heavy atom. The summed E-state index contributed by atoms with van der Waals surface area (Å²) < 4.78 is 1.05. The quantitative estimate of drug-likeness (QED) is 0.289. The Hall–Kier alpha value is -3.13. The minimum Gasteiger partial charge on any atom is -0.623 e. The normalized spacial score (nSPS) is 10.7. The van der Waals surface area contributed by atoms with Crippen molar-refractivity contribution in [3.05, 3.63) is 119 Å². The van der Waals surface area contributed by atoms with Crippen LogP contribution in [0, 0.1) is 5.21 Å². The first-order chi connectivity index (χ1) is 11.8. The Morgan fingerprint density at radius 2 is 1.17 bits per heavy atom. The molecule has 0 aliphatic carbocycles. The van der Waals surface area contributed by atoms with Gasteiger partial charge in [-0.1, -0.05) is 72.8 Å². The highest BCUT2D eigenvalue weighted by Crippen LogP contribution is 2.11. The molecule has 0 N–H and O–H groups in total. The molecule has 0 saturated carbocycles. The van der Waals surface area contributed by atoms with Crippen LogP contribution in [-0.4, -0.2) is 17.0 Å². The first-order valence-electron chi connectivity index (χ1n) is 7.98. The average Bonchev–Trinajstić information content (AvgIpc) is 2.65. The van der Waals surface area contributed by atoms with Crippen molar-refractivity contribution < 1.29 is 4.74 Å². The van der Waals surface area contributed by atoms with E-state index in [4.69, 9.17) is 0 Å². The van der Waals surface area contributed by atoms with Gasteiger partial charge < -0.3 is 5.21 Å². The number of nitrogens with zero attached hydrogens (tertiary/aromatic N) is 1. The fourth-order valence-electron chi connectivity index (χ4n) is 2.59. The van der Waals surface area contributed by atoms with Crippen LogP contribution in [0.25, 0.3) is 6.08 Å². The fraction of sp³-hybridized carbons (Fsp3) is 0.0455. The smallest absolute Gasteiger partial charge is 0.225 e. The molecule has 0 bridgehead atoms. The number of benzene rings is 3. The Bertz CT molecular complexity index is 780. The van der Waals surface area contributed by atoms with E-state index in [1.165, 1.54) is 0 Å². The lowest BCUT2D eigenvalue weighted by atomic mass is 10.0. The summed E-state index contributed by atoms with van der Waals surface area (Å²) in [6, 6.07) is 29.6. The number of hydroxylamine groups is 1. The monoisotopic (exact) mass is 313 g/mol. The molecular formula is C22H19NO. The van der Waals surface area contributed by atoms with Crippen LogP contribution in [0.1, 0.15) is 16.7 Å². The zero-order valence-corrected chi connectivity index (χ0v) is 13.4. The molecular weight excluding hydrogens is 294 g/mol. The first kappa shape index (κ1) is 15.8. The second kappa shape index (κ2) is 7.93. The van der Waals surface area contributed by atoms with Crippen molar-refractivity contribution >= 4 is 11.8 Å². The molecule has 0 aromatic heterocycles. The Kier molecular flexibility index (Phi) is 5.21. The molecule has 0 heterocycles. The van der Waals surface area contributed by atoms with Crippen LogP contribution in [0.2, 0.25) is 0 Å². The van der Waals surface area contributed by atoms with Gasteiger partial charge in [0.25, 0.3) is 0 Å². The summed E-state index contributed by atoms with van der Waals surface area (Å²) in [6.07, 6.45) is 3.87. The highest BCUT2D eigenvalue weighted by Gasteiger charge is 2.14. The van der Waals surface area contributed by atoms with Crippen LogP contribution in [0.4, 0.5) is 0 Å². The lowest BCUT2D eigenvalue weighted by Gasteiger charge is -2.10.